The zero-order chi connectivity index (χ0) is 15.4. The molecule has 0 spiro atoms. The maximum Gasteiger partial charge on any atom is 0.354 e. The van der Waals surface area contributed by atoms with Gasteiger partial charge >= 0.3 is 12.0 Å². The van der Waals surface area contributed by atoms with Crippen molar-refractivity contribution >= 4 is 23.4 Å². The third-order valence-electron chi connectivity index (χ3n) is 2.70. The van der Waals surface area contributed by atoms with Gasteiger partial charge in [-0.3, -0.25) is 0 Å². The number of carbonyl (C=O) groups excluding carboxylic acids is 1. The molecule has 0 aliphatic rings. The summed E-state index contributed by atoms with van der Waals surface area (Å²) in [6.07, 6.45) is 1.21. The molecule has 1 aromatic carbocycles. The lowest BCUT2D eigenvalue weighted by atomic mass is 10.2. The minimum Gasteiger partial charge on any atom is -0.477 e. The van der Waals surface area contributed by atoms with E-state index < -0.39 is 17.8 Å². The van der Waals surface area contributed by atoms with Crippen molar-refractivity contribution in [3.8, 4) is 0 Å². The molecule has 7 heteroatoms. The topological polar surface area (TPSA) is 91.3 Å². The van der Waals surface area contributed by atoms with Gasteiger partial charge in [-0.15, -0.1) is 0 Å². The minimum atomic E-state index is -1.16. The SMILES string of the molecule is Cc1cccc(F)c1NC(=O)Nc1ccc(C(=O)O)nc1. The van der Waals surface area contributed by atoms with E-state index in [1.807, 2.05) is 0 Å². The maximum absolute atomic E-state index is 13.6. The lowest BCUT2D eigenvalue weighted by Crippen LogP contribution is -2.21. The van der Waals surface area contributed by atoms with Crippen molar-refractivity contribution in [2.24, 2.45) is 0 Å². The van der Waals surface area contributed by atoms with Gasteiger partial charge < -0.3 is 15.7 Å². The molecule has 0 unspecified atom stereocenters. The highest BCUT2D eigenvalue weighted by molar-refractivity contribution is 6.00. The molecule has 21 heavy (non-hydrogen) atoms. The van der Waals surface area contributed by atoms with Gasteiger partial charge in [-0.05, 0) is 30.7 Å². The molecule has 108 valence electrons. The third kappa shape index (κ3) is 3.53. The summed E-state index contributed by atoms with van der Waals surface area (Å²) in [5, 5.41) is 13.5. The number of anilines is 2. The third-order valence-corrected chi connectivity index (χ3v) is 2.70. The van der Waals surface area contributed by atoms with Gasteiger partial charge in [0, 0.05) is 0 Å². The molecule has 2 amide bonds. The molecule has 6 nitrogen and oxygen atoms in total. The van der Waals surface area contributed by atoms with Crippen LogP contribution < -0.4 is 10.6 Å². The van der Waals surface area contributed by atoms with Crippen molar-refractivity contribution in [1.82, 2.24) is 4.98 Å². The number of benzene rings is 1. The highest BCUT2D eigenvalue weighted by atomic mass is 19.1. The first-order chi connectivity index (χ1) is 9.97. The van der Waals surface area contributed by atoms with E-state index in [2.05, 4.69) is 15.6 Å². The second kappa shape index (κ2) is 6.00. The van der Waals surface area contributed by atoms with Crippen LogP contribution in [0.25, 0.3) is 0 Å². The van der Waals surface area contributed by atoms with E-state index in [1.165, 1.54) is 24.4 Å². The van der Waals surface area contributed by atoms with E-state index in [4.69, 9.17) is 5.11 Å². The summed E-state index contributed by atoms with van der Waals surface area (Å²) in [7, 11) is 0. The van der Waals surface area contributed by atoms with Crippen molar-refractivity contribution in [3.63, 3.8) is 0 Å². The van der Waals surface area contributed by atoms with Crippen molar-refractivity contribution in [3.05, 3.63) is 53.6 Å². The predicted molar refractivity (Wildman–Crippen MR) is 75.0 cm³/mol. The zero-order valence-electron chi connectivity index (χ0n) is 11.1. The van der Waals surface area contributed by atoms with Crippen molar-refractivity contribution in [1.29, 1.82) is 0 Å². The number of carboxylic acids is 1. The molecule has 0 aliphatic carbocycles. The van der Waals surface area contributed by atoms with E-state index in [1.54, 1.807) is 19.1 Å². The summed E-state index contributed by atoms with van der Waals surface area (Å²) in [5.74, 6) is -1.70. The molecule has 0 saturated heterocycles. The Balaban J connectivity index is 2.06. The monoisotopic (exact) mass is 289 g/mol. The molecule has 2 aromatic rings. The van der Waals surface area contributed by atoms with Crippen LogP contribution in [0.4, 0.5) is 20.6 Å². The van der Waals surface area contributed by atoms with E-state index >= 15 is 0 Å². The summed E-state index contributed by atoms with van der Waals surface area (Å²) >= 11 is 0. The standard InChI is InChI=1S/C14H12FN3O3/c1-8-3-2-4-10(15)12(8)18-14(21)17-9-5-6-11(13(19)20)16-7-9/h2-7H,1H3,(H,19,20)(H2,17,18,21). The van der Waals surface area contributed by atoms with E-state index in [-0.39, 0.29) is 11.4 Å². The van der Waals surface area contributed by atoms with E-state index in [0.29, 0.717) is 11.3 Å². The van der Waals surface area contributed by atoms with Gasteiger partial charge in [0.1, 0.15) is 11.5 Å². The molecule has 2 rings (SSSR count). The van der Waals surface area contributed by atoms with Crippen LogP contribution in [0.1, 0.15) is 16.1 Å². The Bertz CT molecular complexity index is 666. The number of carbonyl (C=O) groups is 2. The molecule has 0 saturated carbocycles. The lowest BCUT2D eigenvalue weighted by molar-refractivity contribution is 0.0690. The molecule has 0 bridgehead atoms. The molecule has 0 aliphatic heterocycles. The fraction of sp³-hybridized carbons (Fsp3) is 0.0714. The summed E-state index contributed by atoms with van der Waals surface area (Å²) in [6, 6.07) is 6.46. The number of hydrogen-bond acceptors (Lipinski definition) is 3. The minimum absolute atomic E-state index is 0.0881. The first-order valence-electron chi connectivity index (χ1n) is 6.00. The van der Waals surface area contributed by atoms with Crippen LogP contribution >= 0.6 is 0 Å². The molecular weight excluding hydrogens is 277 g/mol. The van der Waals surface area contributed by atoms with Gasteiger partial charge in [-0.25, -0.2) is 19.0 Å². The number of nitrogens with one attached hydrogen (secondary N) is 2. The Kier molecular flexibility index (Phi) is 4.13. The summed E-state index contributed by atoms with van der Waals surface area (Å²) in [4.78, 5) is 26.1. The first-order valence-corrected chi connectivity index (χ1v) is 6.00. The van der Waals surface area contributed by atoms with Gasteiger partial charge in [0.2, 0.25) is 0 Å². The lowest BCUT2D eigenvalue weighted by Gasteiger charge is -2.10. The number of rotatable bonds is 3. The number of halogens is 1. The highest BCUT2D eigenvalue weighted by Gasteiger charge is 2.10. The van der Waals surface area contributed by atoms with Crippen LogP contribution in [0.2, 0.25) is 0 Å². The summed E-state index contributed by atoms with van der Waals surface area (Å²) < 4.78 is 13.6. The van der Waals surface area contributed by atoms with Crippen LogP contribution in [0.5, 0.6) is 0 Å². The Morgan fingerprint density at radius 1 is 1.19 bits per heavy atom. The number of urea groups is 1. The zero-order valence-corrected chi connectivity index (χ0v) is 11.1. The fourth-order valence-electron chi connectivity index (χ4n) is 1.66. The Morgan fingerprint density at radius 3 is 2.52 bits per heavy atom. The van der Waals surface area contributed by atoms with Crippen molar-refractivity contribution in [2.45, 2.75) is 6.92 Å². The molecule has 1 aromatic heterocycles. The number of nitrogens with zero attached hydrogens (tertiary/aromatic N) is 1. The second-order valence-corrected chi connectivity index (χ2v) is 4.25. The van der Waals surface area contributed by atoms with Gasteiger partial charge in [-0.1, -0.05) is 12.1 Å². The molecular formula is C14H12FN3O3. The Labute approximate surface area is 119 Å². The van der Waals surface area contributed by atoms with Crippen LogP contribution in [-0.4, -0.2) is 22.1 Å². The van der Waals surface area contributed by atoms with Gasteiger partial charge in [0.25, 0.3) is 0 Å². The molecule has 0 radical (unpaired) electrons. The van der Waals surface area contributed by atoms with Crippen molar-refractivity contribution < 1.29 is 19.1 Å². The van der Waals surface area contributed by atoms with Crippen LogP contribution in [0.3, 0.4) is 0 Å². The number of aromatic carboxylic acids is 1. The van der Waals surface area contributed by atoms with Crippen LogP contribution in [0.15, 0.2) is 36.5 Å². The molecule has 3 N–H and O–H groups in total. The largest absolute Gasteiger partial charge is 0.477 e. The first kappa shape index (κ1) is 14.4. The average molecular weight is 289 g/mol. The molecule has 0 fully saturated rings. The number of amides is 2. The summed E-state index contributed by atoms with van der Waals surface area (Å²) in [6.45, 7) is 1.67. The van der Waals surface area contributed by atoms with E-state index in [0.717, 1.165) is 0 Å². The normalized spacial score (nSPS) is 10.0. The van der Waals surface area contributed by atoms with Gasteiger partial charge in [0.05, 0.1) is 17.6 Å². The fourth-order valence-corrected chi connectivity index (χ4v) is 1.66. The van der Waals surface area contributed by atoms with E-state index in [9.17, 15) is 14.0 Å². The quantitative estimate of drug-likeness (QED) is 0.810. The van der Waals surface area contributed by atoms with Gasteiger partial charge in [-0.2, -0.15) is 0 Å². The predicted octanol–water partition coefficient (Wildman–Crippen LogP) is 2.87. The highest BCUT2D eigenvalue weighted by Crippen LogP contribution is 2.19. The van der Waals surface area contributed by atoms with Crippen LogP contribution in [-0.2, 0) is 0 Å². The Morgan fingerprint density at radius 2 is 1.95 bits per heavy atom. The average Bonchev–Trinajstić information content (AvgIpc) is 2.43. The van der Waals surface area contributed by atoms with Gasteiger partial charge in [0.15, 0.2) is 0 Å². The second-order valence-electron chi connectivity index (χ2n) is 4.25. The number of para-hydroxylation sites is 1. The van der Waals surface area contributed by atoms with Crippen LogP contribution in [0, 0.1) is 12.7 Å². The number of aromatic nitrogens is 1. The number of hydrogen-bond donors (Lipinski definition) is 3. The molecule has 1 heterocycles. The Hall–Kier alpha value is -2.96. The smallest absolute Gasteiger partial charge is 0.354 e. The summed E-state index contributed by atoms with van der Waals surface area (Å²) in [5.41, 5.74) is 0.840. The number of pyridine rings is 1. The maximum atomic E-state index is 13.6. The number of aryl methyl sites for hydroxylation is 1. The number of carboxylic acid groups (broad SMARTS) is 1. The molecule has 0 atom stereocenters. The van der Waals surface area contributed by atoms with Crippen molar-refractivity contribution in [2.75, 3.05) is 10.6 Å².